The summed E-state index contributed by atoms with van der Waals surface area (Å²) in [5.74, 6) is -1.35. The molecule has 0 aromatic heterocycles. The summed E-state index contributed by atoms with van der Waals surface area (Å²) in [6, 6.07) is 8.14. The summed E-state index contributed by atoms with van der Waals surface area (Å²) < 4.78 is 23.0. The zero-order valence-electron chi connectivity index (χ0n) is 14.4. The minimum atomic E-state index is -3.09. The highest BCUT2D eigenvalue weighted by Gasteiger charge is 2.52. The average Bonchev–Trinajstić information content (AvgIpc) is 3.07. The Kier molecular flexibility index (Phi) is 4.74. The van der Waals surface area contributed by atoms with Crippen molar-refractivity contribution in [2.24, 2.45) is 5.92 Å². The first-order chi connectivity index (χ1) is 12.3. The number of hydrogen-bond acceptors (Lipinski definition) is 5. The van der Waals surface area contributed by atoms with Crippen molar-refractivity contribution < 1.29 is 22.8 Å². The van der Waals surface area contributed by atoms with Crippen LogP contribution < -0.4 is 10.7 Å². The number of amides is 4. The number of hydrazine groups is 1. The van der Waals surface area contributed by atoms with E-state index in [-0.39, 0.29) is 23.8 Å². The molecule has 2 saturated heterocycles. The minimum Gasteiger partial charge on any atom is -0.318 e. The standard InChI is InChI=1S/C17H21N3O5S/c1-2-17(13-6-4-3-5-7-13)15(22)20(16(23)18-17)19-14(21)10-12-8-9-26(24,25)11-12/h3-7,12H,2,8-11H2,1H3,(H,18,23)(H,19,21)/t12-,17-/m1/s1. The number of rotatable bonds is 5. The van der Waals surface area contributed by atoms with Crippen LogP contribution in [0.15, 0.2) is 30.3 Å². The maximum atomic E-state index is 12.9. The third-order valence-corrected chi connectivity index (χ3v) is 6.76. The molecule has 4 amide bonds. The number of urea groups is 1. The topological polar surface area (TPSA) is 113 Å². The monoisotopic (exact) mass is 379 g/mol. The molecule has 26 heavy (non-hydrogen) atoms. The SMILES string of the molecule is CC[C@]1(c2ccccc2)NC(=O)N(NC(=O)C[C@H]2CCS(=O)(=O)C2)C1=O. The molecule has 2 aliphatic heterocycles. The number of imide groups is 1. The van der Waals surface area contributed by atoms with Gasteiger partial charge in [-0.25, -0.2) is 13.2 Å². The van der Waals surface area contributed by atoms with Gasteiger partial charge in [0.05, 0.1) is 11.5 Å². The molecule has 2 fully saturated rings. The molecule has 8 nitrogen and oxygen atoms in total. The summed E-state index contributed by atoms with van der Waals surface area (Å²) in [6.45, 7) is 1.78. The predicted octanol–water partition coefficient (Wildman–Crippen LogP) is 0.700. The van der Waals surface area contributed by atoms with Gasteiger partial charge in [0.1, 0.15) is 5.54 Å². The number of benzene rings is 1. The first kappa shape index (κ1) is 18.4. The van der Waals surface area contributed by atoms with Crippen LogP contribution in [0.1, 0.15) is 31.7 Å². The normalized spacial score (nSPS) is 27.4. The van der Waals surface area contributed by atoms with Crippen molar-refractivity contribution >= 4 is 27.7 Å². The molecule has 9 heteroatoms. The van der Waals surface area contributed by atoms with E-state index in [4.69, 9.17) is 0 Å². The Bertz CT molecular complexity index is 839. The number of carbonyl (C=O) groups is 3. The van der Waals surface area contributed by atoms with Gasteiger partial charge in [-0.2, -0.15) is 5.01 Å². The van der Waals surface area contributed by atoms with Gasteiger partial charge in [-0.3, -0.25) is 15.0 Å². The van der Waals surface area contributed by atoms with Crippen LogP contribution in [0.2, 0.25) is 0 Å². The summed E-state index contributed by atoms with van der Waals surface area (Å²) in [7, 11) is -3.09. The molecule has 0 aliphatic carbocycles. The lowest BCUT2D eigenvalue weighted by Gasteiger charge is -2.25. The first-order valence-electron chi connectivity index (χ1n) is 8.49. The van der Waals surface area contributed by atoms with E-state index in [9.17, 15) is 22.8 Å². The maximum absolute atomic E-state index is 12.9. The molecule has 0 radical (unpaired) electrons. The molecule has 0 saturated carbocycles. The summed E-state index contributed by atoms with van der Waals surface area (Å²) >= 11 is 0. The van der Waals surface area contributed by atoms with E-state index in [1.165, 1.54) is 0 Å². The molecule has 0 bridgehead atoms. The fourth-order valence-electron chi connectivity index (χ4n) is 3.50. The van der Waals surface area contributed by atoms with Crippen LogP contribution in [0.5, 0.6) is 0 Å². The molecule has 2 atom stereocenters. The second-order valence-corrected chi connectivity index (χ2v) is 8.93. The Balaban J connectivity index is 1.72. The van der Waals surface area contributed by atoms with Crippen LogP contribution in [0.25, 0.3) is 0 Å². The molecule has 140 valence electrons. The minimum absolute atomic E-state index is 0.0382. The van der Waals surface area contributed by atoms with Gasteiger partial charge in [-0.15, -0.1) is 0 Å². The number of hydrogen-bond donors (Lipinski definition) is 2. The van der Waals surface area contributed by atoms with Crippen LogP contribution in [-0.4, -0.2) is 42.8 Å². The van der Waals surface area contributed by atoms with Crippen molar-refractivity contribution in [1.82, 2.24) is 15.8 Å². The molecular weight excluding hydrogens is 358 g/mol. The second-order valence-electron chi connectivity index (χ2n) is 6.70. The van der Waals surface area contributed by atoms with Crippen LogP contribution in [0.3, 0.4) is 0 Å². The molecule has 2 heterocycles. The average molecular weight is 379 g/mol. The fourth-order valence-corrected chi connectivity index (χ4v) is 5.37. The summed E-state index contributed by atoms with van der Waals surface area (Å²) in [4.78, 5) is 37.4. The highest BCUT2D eigenvalue weighted by molar-refractivity contribution is 7.91. The zero-order valence-corrected chi connectivity index (χ0v) is 15.2. The number of carbonyl (C=O) groups excluding carboxylic acids is 3. The molecule has 2 aliphatic rings. The van der Waals surface area contributed by atoms with Crippen molar-refractivity contribution in [1.29, 1.82) is 0 Å². The quantitative estimate of drug-likeness (QED) is 0.731. The lowest BCUT2D eigenvalue weighted by Crippen LogP contribution is -2.48. The molecule has 3 rings (SSSR count). The smallest absolute Gasteiger partial charge is 0.318 e. The van der Waals surface area contributed by atoms with Crippen LogP contribution in [-0.2, 0) is 25.0 Å². The van der Waals surface area contributed by atoms with E-state index in [2.05, 4.69) is 10.7 Å². The van der Waals surface area contributed by atoms with E-state index in [1.807, 2.05) is 6.07 Å². The van der Waals surface area contributed by atoms with Gasteiger partial charge in [0.15, 0.2) is 9.84 Å². The van der Waals surface area contributed by atoms with Gasteiger partial charge in [0.2, 0.25) is 5.91 Å². The van der Waals surface area contributed by atoms with Gasteiger partial charge in [0, 0.05) is 6.42 Å². The third-order valence-electron chi connectivity index (χ3n) is 4.93. The van der Waals surface area contributed by atoms with Gasteiger partial charge in [-0.05, 0) is 24.3 Å². The van der Waals surface area contributed by atoms with Gasteiger partial charge >= 0.3 is 6.03 Å². The highest BCUT2D eigenvalue weighted by atomic mass is 32.2. The number of nitrogens with one attached hydrogen (secondary N) is 2. The van der Waals surface area contributed by atoms with Crippen molar-refractivity contribution in [2.75, 3.05) is 11.5 Å². The van der Waals surface area contributed by atoms with Crippen molar-refractivity contribution in [2.45, 2.75) is 31.7 Å². The van der Waals surface area contributed by atoms with Crippen molar-refractivity contribution in [3.63, 3.8) is 0 Å². The molecule has 1 aromatic carbocycles. The number of nitrogens with zero attached hydrogens (tertiary/aromatic N) is 1. The predicted molar refractivity (Wildman–Crippen MR) is 93.3 cm³/mol. The van der Waals surface area contributed by atoms with Crippen molar-refractivity contribution in [3.8, 4) is 0 Å². The molecule has 0 unspecified atom stereocenters. The lowest BCUT2D eigenvalue weighted by molar-refractivity contribution is -0.139. The van der Waals surface area contributed by atoms with Crippen LogP contribution in [0, 0.1) is 5.92 Å². The third kappa shape index (κ3) is 3.31. The summed E-state index contributed by atoms with van der Waals surface area (Å²) in [6.07, 6.45) is 0.703. The molecule has 0 spiro atoms. The maximum Gasteiger partial charge on any atom is 0.344 e. The Labute approximate surface area is 151 Å². The van der Waals surface area contributed by atoms with Gasteiger partial charge in [0.25, 0.3) is 5.91 Å². The number of sulfone groups is 1. The van der Waals surface area contributed by atoms with E-state index in [1.54, 1.807) is 31.2 Å². The van der Waals surface area contributed by atoms with E-state index >= 15 is 0 Å². The van der Waals surface area contributed by atoms with E-state index in [0.29, 0.717) is 23.4 Å². The molecular formula is C17H21N3O5S. The Hall–Kier alpha value is -2.42. The zero-order chi connectivity index (χ0) is 18.9. The Morgan fingerprint density at radius 1 is 1.31 bits per heavy atom. The summed E-state index contributed by atoms with van der Waals surface area (Å²) in [5.41, 5.74) is 1.75. The second kappa shape index (κ2) is 6.71. The van der Waals surface area contributed by atoms with Crippen LogP contribution >= 0.6 is 0 Å². The first-order valence-corrected chi connectivity index (χ1v) is 10.3. The van der Waals surface area contributed by atoms with Gasteiger partial charge in [-0.1, -0.05) is 37.3 Å². The lowest BCUT2D eigenvalue weighted by atomic mass is 9.87. The van der Waals surface area contributed by atoms with Crippen LogP contribution in [0.4, 0.5) is 4.79 Å². The highest BCUT2D eigenvalue weighted by Crippen LogP contribution is 2.31. The molecule has 1 aromatic rings. The van der Waals surface area contributed by atoms with E-state index < -0.39 is 33.2 Å². The Morgan fingerprint density at radius 2 is 2.00 bits per heavy atom. The largest absolute Gasteiger partial charge is 0.344 e. The van der Waals surface area contributed by atoms with Gasteiger partial charge < -0.3 is 5.32 Å². The van der Waals surface area contributed by atoms with E-state index in [0.717, 1.165) is 0 Å². The fraction of sp³-hybridized carbons (Fsp3) is 0.471. The van der Waals surface area contributed by atoms with Crippen molar-refractivity contribution in [3.05, 3.63) is 35.9 Å². The summed E-state index contributed by atoms with van der Waals surface area (Å²) in [5, 5.41) is 3.37. The Morgan fingerprint density at radius 3 is 2.58 bits per heavy atom. The molecule has 2 N–H and O–H groups in total.